The molecule has 1 aromatic carbocycles. The van der Waals surface area contributed by atoms with Crippen molar-refractivity contribution in [2.45, 2.75) is 30.8 Å². The maximum atomic E-state index is 12.5. The van der Waals surface area contributed by atoms with Gasteiger partial charge >= 0.3 is 0 Å². The third kappa shape index (κ3) is 4.27. The number of aromatic nitrogens is 2. The molecule has 0 unspecified atom stereocenters. The molecule has 3 aromatic rings. The van der Waals surface area contributed by atoms with Crippen molar-refractivity contribution >= 4 is 30.6 Å². The molecule has 0 spiro atoms. The van der Waals surface area contributed by atoms with E-state index in [2.05, 4.69) is 4.98 Å². The van der Waals surface area contributed by atoms with Crippen molar-refractivity contribution in [3.63, 3.8) is 0 Å². The smallest absolute Gasteiger partial charge is 0.274 e. The summed E-state index contributed by atoms with van der Waals surface area (Å²) >= 11 is 0. The Labute approximate surface area is 180 Å². The van der Waals surface area contributed by atoms with E-state index in [1.54, 1.807) is 44.4 Å². The predicted molar refractivity (Wildman–Crippen MR) is 119 cm³/mol. The highest BCUT2D eigenvalue weighted by molar-refractivity contribution is 7.91. The molecule has 8 nitrogen and oxygen atoms in total. The number of nitrogens with zero attached hydrogens (tertiary/aromatic N) is 1. The molecule has 0 atom stereocenters. The SMILES string of the molecule is CCS(=O)(=O)c1ccc(OC2CCS(=O)(=O)CC2)c(-c2cc3ccn(C)c(=O)c3[nH]2)c1. The van der Waals surface area contributed by atoms with Crippen molar-refractivity contribution < 1.29 is 21.6 Å². The Hall–Kier alpha value is -2.59. The first kappa shape index (κ1) is 21.6. The zero-order valence-electron chi connectivity index (χ0n) is 17.3. The van der Waals surface area contributed by atoms with Crippen LogP contribution in [0.2, 0.25) is 0 Å². The topological polar surface area (TPSA) is 115 Å². The maximum Gasteiger partial charge on any atom is 0.274 e. The summed E-state index contributed by atoms with van der Waals surface area (Å²) in [5, 5.41) is 0.705. The van der Waals surface area contributed by atoms with Crippen molar-refractivity contribution in [3.05, 3.63) is 46.9 Å². The third-order valence-electron chi connectivity index (χ3n) is 5.64. The summed E-state index contributed by atoms with van der Waals surface area (Å²) < 4.78 is 55.9. The molecule has 1 aliphatic rings. The molecule has 166 valence electrons. The molecule has 0 radical (unpaired) electrons. The highest BCUT2D eigenvalue weighted by Crippen LogP contribution is 2.35. The summed E-state index contributed by atoms with van der Waals surface area (Å²) in [4.78, 5) is 15.7. The van der Waals surface area contributed by atoms with Gasteiger partial charge in [-0.3, -0.25) is 4.79 Å². The number of H-pyrrole nitrogens is 1. The van der Waals surface area contributed by atoms with Crippen molar-refractivity contribution in [1.29, 1.82) is 0 Å². The minimum absolute atomic E-state index is 0.0413. The number of hydrogen-bond donors (Lipinski definition) is 1. The molecule has 31 heavy (non-hydrogen) atoms. The van der Waals surface area contributed by atoms with Crippen LogP contribution in [0.1, 0.15) is 19.8 Å². The van der Waals surface area contributed by atoms with Crippen LogP contribution in [0.15, 0.2) is 46.2 Å². The molecule has 2 aromatic heterocycles. The zero-order valence-corrected chi connectivity index (χ0v) is 18.9. The lowest BCUT2D eigenvalue weighted by atomic mass is 10.1. The van der Waals surface area contributed by atoms with Crippen molar-refractivity contribution in [3.8, 4) is 17.0 Å². The fourth-order valence-corrected chi connectivity index (χ4v) is 6.06. The second kappa shape index (κ2) is 7.83. The van der Waals surface area contributed by atoms with E-state index in [4.69, 9.17) is 4.74 Å². The lowest BCUT2D eigenvalue weighted by molar-refractivity contribution is 0.190. The van der Waals surface area contributed by atoms with E-state index >= 15 is 0 Å². The van der Waals surface area contributed by atoms with Crippen LogP contribution in [-0.2, 0) is 26.7 Å². The van der Waals surface area contributed by atoms with Gasteiger partial charge in [-0.25, -0.2) is 16.8 Å². The first-order valence-electron chi connectivity index (χ1n) is 10.0. The predicted octanol–water partition coefficient (Wildman–Crippen LogP) is 2.28. The van der Waals surface area contributed by atoms with Gasteiger partial charge in [-0.2, -0.15) is 0 Å². The van der Waals surface area contributed by atoms with E-state index in [9.17, 15) is 21.6 Å². The Morgan fingerprint density at radius 1 is 1.16 bits per heavy atom. The van der Waals surface area contributed by atoms with Crippen LogP contribution in [0.25, 0.3) is 22.2 Å². The first-order valence-corrected chi connectivity index (χ1v) is 13.5. The fraction of sp³-hybridized carbons (Fsp3) is 0.381. The Bertz CT molecular complexity index is 1400. The Kier molecular flexibility index (Phi) is 5.47. The minimum atomic E-state index is -3.45. The van der Waals surface area contributed by atoms with Crippen molar-refractivity contribution in [2.24, 2.45) is 7.05 Å². The second-order valence-electron chi connectivity index (χ2n) is 7.78. The van der Waals surface area contributed by atoms with Gasteiger partial charge in [0, 0.05) is 24.2 Å². The number of aryl methyl sites for hydroxylation is 1. The van der Waals surface area contributed by atoms with Gasteiger partial charge in [0.15, 0.2) is 19.7 Å². The molecule has 1 N–H and O–H groups in total. The summed E-state index contributed by atoms with van der Waals surface area (Å²) in [5.41, 5.74) is 1.30. The lowest BCUT2D eigenvalue weighted by Gasteiger charge is -2.24. The third-order valence-corrected chi connectivity index (χ3v) is 9.08. The van der Waals surface area contributed by atoms with Crippen molar-refractivity contribution in [2.75, 3.05) is 17.3 Å². The Morgan fingerprint density at radius 3 is 2.55 bits per heavy atom. The largest absolute Gasteiger partial charge is 0.490 e. The van der Waals surface area contributed by atoms with Gasteiger partial charge in [-0.1, -0.05) is 6.92 Å². The van der Waals surface area contributed by atoms with E-state index < -0.39 is 19.7 Å². The number of ether oxygens (including phenoxy) is 1. The van der Waals surface area contributed by atoms with Crippen LogP contribution in [0.5, 0.6) is 5.75 Å². The van der Waals surface area contributed by atoms with Gasteiger partial charge in [0.1, 0.15) is 17.4 Å². The molecule has 0 aliphatic carbocycles. The average molecular weight is 465 g/mol. The van der Waals surface area contributed by atoms with E-state index in [1.807, 2.05) is 0 Å². The zero-order chi connectivity index (χ0) is 22.4. The number of benzene rings is 1. The van der Waals surface area contributed by atoms with Crippen molar-refractivity contribution in [1.82, 2.24) is 9.55 Å². The highest BCUT2D eigenvalue weighted by atomic mass is 32.2. The number of nitrogens with one attached hydrogen (secondary N) is 1. The average Bonchev–Trinajstić information content (AvgIpc) is 3.17. The summed E-state index contributed by atoms with van der Waals surface area (Å²) in [6.45, 7) is 1.58. The molecule has 1 fully saturated rings. The van der Waals surface area contributed by atoms with Crippen LogP contribution in [0, 0.1) is 0 Å². The van der Waals surface area contributed by atoms with Crippen LogP contribution in [-0.4, -0.2) is 49.7 Å². The number of fused-ring (bicyclic) bond motifs is 1. The van der Waals surface area contributed by atoms with Gasteiger partial charge in [0.05, 0.1) is 27.8 Å². The standard InChI is InChI=1S/C21H24N2O6S2/c1-3-31(27,28)16-4-5-19(29-15-7-10-30(25,26)11-8-15)17(13-16)18-12-14-6-9-23(2)21(24)20(14)22-18/h4-6,9,12-13,15,22H,3,7-8,10-11H2,1-2H3. The van der Waals surface area contributed by atoms with E-state index in [0.717, 1.165) is 0 Å². The normalized spacial score (nSPS) is 17.1. The number of aromatic amines is 1. The highest BCUT2D eigenvalue weighted by Gasteiger charge is 2.26. The van der Waals surface area contributed by atoms with Crippen LogP contribution in [0.4, 0.5) is 0 Å². The Balaban J connectivity index is 1.81. The van der Waals surface area contributed by atoms with E-state index in [1.165, 1.54) is 10.6 Å². The summed E-state index contributed by atoms with van der Waals surface area (Å²) in [6.07, 6.45) is 2.14. The molecule has 1 aliphatic heterocycles. The van der Waals surface area contributed by atoms with E-state index in [0.29, 0.717) is 40.8 Å². The molecular weight excluding hydrogens is 440 g/mol. The summed E-state index contributed by atoms with van der Waals surface area (Å²) in [6, 6.07) is 8.23. The summed E-state index contributed by atoms with van der Waals surface area (Å²) in [7, 11) is -4.83. The summed E-state index contributed by atoms with van der Waals surface area (Å²) in [5.74, 6) is 0.540. The van der Waals surface area contributed by atoms with E-state index in [-0.39, 0.29) is 33.8 Å². The molecule has 0 saturated carbocycles. The van der Waals surface area contributed by atoms with Gasteiger partial charge in [0.2, 0.25) is 0 Å². The molecule has 0 bridgehead atoms. The monoisotopic (exact) mass is 464 g/mol. The number of hydrogen-bond acceptors (Lipinski definition) is 6. The Morgan fingerprint density at radius 2 is 1.87 bits per heavy atom. The van der Waals surface area contributed by atoms with Gasteiger partial charge in [-0.05, 0) is 43.2 Å². The van der Waals surface area contributed by atoms with Gasteiger partial charge in [-0.15, -0.1) is 0 Å². The first-order chi connectivity index (χ1) is 14.6. The van der Waals surface area contributed by atoms with Crippen LogP contribution in [0.3, 0.4) is 0 Å². The number of rotatable bonds is 5. The quantitative estimate of drug-likeness (QED) is 0.619. The van der Waals surface area contributed by atoms with Crippen LogP contribution < -0.4 is 10.3 Å². The lowest BCUT2D eigenvalue weighted by Crippen LogP contribution is -2.30. The molecule has 1 saturated heterocycles. The molecule has 10 heteroatoms. The van der Waals surface area contributed by atoms with Crippen LogP contribution >= 0.6 is 0 Å². The maximum absolute atomic E-state index is 12.5. The molecule has 0 amide bonds. The second-order valence-corrected chi connectivity index (χ2v) is 12.4. The number of pyridine rings is 1. The minimum Gasteiger partial charge on any atom is -0.490 e. The molecule has 3 heterocycles. The van der Waals surface area contributed by atoms with Gasteiger partial charge in [0.25, 0.3) is 5.56 Å². The van der Waals surface area contributed by atoms with Gasteiger partial charge < -0.3 is 14.3 Å². The fourth-order valence-electron chi connectivity index (χ4n) is 3.71. The number of sulfone groups is 2. The molecular formula is C21H24N2O6S2. The molecule has 4 rings (SSSR count).